The van der Waals surface area contributed by atoms with Crippen LogP contribution in [0.5, 0.6) is 11.5 Å². The largest absolute Gasteiger partial charge is 0.493 e. The molecule has 5 nitrogen and oxygen atoms in total. The van der Waals surface area contributed by atoms with Crippen LogP contribution in [-0.2, 0) is 0 Å². The summed E-state index contributed by atoms with van der Waals surface area (Å²) in [5.74, 6) is 1.04. The standard InChI is InChI=1S/C19H27ClN2O3.ClH/c1-3-10-25-17-15(20)11-14(12-16(17)24-2)18(23)22-8-5-19(6-9-22)4-7-21-13-19;/h11-12,21H,3-10,13H2,1-2H3;1H. The zero-order valence-corrected chi connectivity index (χ0v) is 17.0. The van der Waals surface area contributed by atoms with Gasteiger partial charge in [-0.3, -0.25) is 4.79 Å². The Balaban J connectivity index is 0.00000243. The maximum absolute atomic E-state index is 12.9. The summed E-state index contributed by atoms with van der Waals surface area (Å²) >= 11 is 6.35. The first-order valence-corrected chi connectivity index (χ1v) is 9.47. The van der Waals surface area contributed by atoms with Gasteiger partial charge in [0, 0.05) is 25.2 Å². The number of ether oxygens (including phenoxy) is 2. The Bertz CT molecular complexity index is 623. The van der Waals surface area contributed by atoms with E-state index in [9.17, 15) is 4.79 Å². The third-order valence-corrected chi connectivity index (χ3v) is 5.65. The number of halogens is 2. The molecule has 0 saturated carbocycles. The number of rotatable bonds is 5. The lowest BCUT2D eigenvalue weighted by Crippen LogP contribution is -2.44. The van der Waals surface area contributed by atoms with Gasteiger partial charge in [-0.2, -0.15) is 0 Å². The summed E-state index contributed by atoms with van der Waals surface area (Å²) in [4.78, 5) is 14.8. The first-order chi connectivity index (χ1) is 12.1. The molecule has 1 aromatic carbocycles. The minimum absolute atomic E-state index is 0. The minimum Gasteiger partial charge on any atom is -0.493 e. The van der Waals surface area contributed by atoms with Crippen LogP contribution in [0.15, 0.2) is 12.1 Å². The molecule has 0 bridgehead atoms. The van der Waals surface area contributed by atoms with E-state index in [1.54, 1.807) is 19.2 Å². The highest BCUT2D eigenvalue weighted by molar-refractivity contribution is 6.32. The fourth-order valence-electron chi connectivity index (χ4n) is 3.78. The van der Waals surface area contributed by atoms with Gasteiger partial charge in [0.2, 0.25) is 0 Å². The fraction of sp³-hybridized carbons (Fsp3) is 0.632. The average molecular weight is 403 g/mol. The van der Waals surface area contributed by atoms with Crippen molar-refractivity contribution in [3.8, 4) is 11.5 Å². The van der Waals surface area contributed by atoms with Crippen LogP contribution in [0.25, 0.3) is 0 Å². The van der Waals surface area contributed by atoms with Crippen LogP contribution in [0.4, 0.5) is 0 Å². The Morgan fingerprint density at radius 1 is 1.31 bits per heavy atom. The lowest BCUT2D eigenvalue weighted by atomic mass is 9.78. The average Bonchev–Trinajstić information content (AvgIpc) is 3.08. The van der Waals surface area contributed by atoms with Crippen molar-refractivity contribution >= 4 is 29.9 Å². The summed E-state index contributed by atoms with van der Waals surface area (Å²) in [5.41, 5.74) is 0.954. The van der Waals surface area contributed by atoms with Crippen molar-refractivity contribution in [2.45, 2.75) is 32.6 Å². The summed E-state index contributed by atoms with van der Waals surface area (Å²) < 4.78 is 11.1. The molecular weight excluding hydrogens is 375 g/mol. The van der Waals surface area contributed by atoms with Gasteiger partial charge in [0.25, 0.3) is 5.91 Å². The normalized spacial score (nSPS) is 18.5. The van der Waals surface area contributed by atoms with Crippen LogP contribution in [0.1, 0.15) is 43.0 Å². The van der Waals surface area contributed by atoms with Crippen molar-refractivity contribution in [2.24, 2.45) is 5.41 Å². The topological polar surface area (TPSA) is 50.8 Å². The molecule has 0 aliphatic carbocycles. The molecule has 2 aliphatic rings. The number of amides is 1. The molecule has 3 rings (SSSR count). The monoisotopic (exact) mass is 402 g/mol. The molecule has 0 unspecified atom stereocenters. The number of carbonyl (C=O) groups excluding carboxylic acids is 1. The summed E-state index contributed by atoms with van der Waals surface area (Å²) in [6.07, 6.45) is 4.23. The Labute approximate surface area is 166 Å². The molecule has 1 N–H and O–H groups in total. The molecule has 0 aromatic heterocycles. The molecule has 1 amide bonds. The van der Waals surface area contributed by atoms with Crippen LogP contribution >= 0.6 is 24.0 Å². The molecule has 2 saturated heterocycles. The van der Waals surface area contributed by atoms with E-state index in [2.05, 4.69) is 5.32 Å². The van der Waals surface area contributed by atoms with Crippen molar-refractivity contribution in [2.75, 3.05) is 39.9 Å². The van der Waals surface area contributed by atoms with E-state index in [0.29, 0.717) is 34.1 Å². The smallest absolute Gasteiger partial charge is 0.254 e. The van der Waals surface area contributed by atoms with Gasteiger partial charge in [0.1, 0.15) is 0 Å². The molecule has 0 radical (unpaired) electrons. The fourth-order valence-corrected chi connectivity index (χ4v) is 4.04. The van der Waals surface area contributed by atoms with Gasteiger partial charge in [0.15, 0.2) is 11.5 Å². The van der Waals surface area contributed by atoms with Crippen LogP contribution in [-0.4, -0.2) is 50.7 Å². The SMILES string of the molecule is CCCOc1c(Cl)cc(C(=O)N2CCC3(CCNC3)CC2)cc1OC.Cl. The molecule has 1 spiro atoms. The lowest BCUT2D eigenvalue weighted by Gasteiger charge is -2.39. The number of hydrogen-bond donors (Lipinski definition) is 1. The Morgan fingerprint density at radius 2 is 2.04 bits per heavy atom. The number of likely N-dealkylation sites (tertiary alicyclic amines) is 1. The highest BCUT2D eigenvalue weighted by Gasteiger charge is 2.38. The zero-order chi connectivity index (χ0) is 17.9. The molecule has 2 heterocycles. The van der Waals surface area contributed by atoms with Gasteiger partial charge in [-0.25, -0.2) is 0 Å². The lowest BCUT2D eigenvalue weighted by molar-refractivity contribution is 0.0607. The molecule has 146 valence electrons. The van der Waals surface area contributed by atoms with Crippen LogP contribution in [0, 0.1) is 5.41 Å². The van der Waals surface area contributed by atoms with E-state index in [-0.39, 0.29) is 18.3 Å². The van der Waals surface area contributed by atoms with Gasteiger partial charge in [-0.15, -0.1) is 12.4 Å². The Hall–Kier alpha value is -1.17. The Morgan fingerprint density at radius 3 is 2.62 bits per heavy atom. The first kappa shape index (κ1) is 21.1. The zero-order valence-electron chi connectivity index (χ0n) is 15.5. The number of hydrogen-bond acceptors (Lipinski definition) is 4. The number of piperidine rings is 1. The van der Waals surface area contributed by atoms with Crippen LogP contribution in [0.3, 0.4) is 0 Å². The van der Waals surface area contributed by atoms with Crippen LogP contribution in [0.2, 0.25) is 5.02 Å². The number of nitrogens with zero attached hydrogens (tertiary/aromatic N) is 1. The van der Waals surface area contributed by atoms with Gasteiger partial charge in [0.05, 0.1) is 18.7 Å². The van der Waals surface area contributed by atoms with E-state index in [0.717, 1.165) is 45.4 Å². The van der Waals surface area contributed by atoms with Crippen molar-refractivity contribution < 1.29 is 14.3 Å². The molecule has 26 heavy (non-hydrogen) atoms. The number of benzene rings is 1. The molecular formula is C19H28Cl2N2O3. The van der Waals surface area contributed by atoms with Crippen molar-refractivity contribution in [1.82, 2.24) is 10.2 Å². The van der Waals surface area contributed by atoms with Crippen LogP contribution < -0.4 is 14.8 Å². The van der Waals surface area contributed by atoms with Gasteiger partial charge < -0.3 is 19.7 Å². The van der Waals surface area contributed by atoms with E-state index < -0.39 is 0 Å². The molecule has 7 heteroatoms. The highest BCUT2D eigenvalue weighted by Crippen LogP contribution is 2.39. The van der Waals surface area contributed by atoms with Gasteiger partial charge in [-0.1, -0.05) is 18.5 Å². The molecule has 0 atom stereocenters. The van der Waals surface area contributed by atoms with Crippen molar-refractivity contribution in [3.63, 3.8) is 0 Å². The van der Waals surface area contributed by atoms with Crippen molar-refractivity contribution in [3.05, 3.63) is 22.7 Å². The first-order valence-electron chi connectivity index (χ1n) is 9.09. The third kappa shape index (κ3) is 4.38. The second kappa shape index (κ2) is 9.16. The van der Waals surface area contributed by atoms with E-state index >= 15 is 0 Å². The minimum atomic E-state index is 0. The van der Waals surface area contributed by atoms with Gasteiger partial charge >= 0.3 is 0 Å². The second-order valence-electron chi connectivity index (χ2n) is 7.06. The number of carbonyl (C=O) groups is 1. The second-order valence-corrected chi connectivity index (χ2v) is 7.46. The van der Waals surface area contributed by atoms with E-state index in [4.69, 9.17) is 21.1 Å². The molecule has 2 fully saturated rings. The van der Waals surface area contributed by atoms with E-state index in [1.807, 2.05) is 11.8 Å². The maximum Gasteiger partial charge on any atom is 0.254 e. The predicted molar refractivity (Wildman–Crippen MR) is 106 cm³/mol. The molecule has 1 aromatic rings. The highest BCUT2D eigenvalue weighted by atomic mass is 35.5. The quantitative estimate of drug-likeness (QED) is 0.813. The summed E-state index contributed by atoms with van der Waals surface area (Å²) in [5, 5.41) is 3.87. The van der Waals surface area contributed by atoms with Gasteiger partial charge in [-0.05, 0) is 49.8 Å². The summed E-state index contributed by atoms with van der Waals surface area (Å²) in [6.45, 7) is 6.37. The van der Waals surface area contributed by atoms with Crippen molar-refractivity contribution in [1.29, 1.82) is 0 Å². The van der Waals surface area contributed by atoms with E-state index in [1.165, 1.54) is 6.42 Å². The summed E-state index contributed by atoms with van der Waals surface area (Å²) in [7, 11) is 1.57. The predicted octanol–water partition coefficient (Wildman–Crippen LogP) is 3.77. The maximum atomic E-state index is 12.9. The number of nitrogens with one attached hydrogen (secondary N) is 1. The molecule has 2 aliphatic heterocycles. The third-order valence-electron chi connectivity index (χ3n) is 5.37. The Kier molecular flexibility index (Phi) is 7.44. The summed E-state index contributed by atoms with van der Waals surface area (Å²) in [6, 6.07) is 3.43. The number of methoxy groups -OCH3 is 1.